The molecular weight excluding hydrogens is 322 g/mol. The second-order valence-corrected chi connectivity index (χ2v) is 8.46. The summed E-state index contributed by atoms with van der Waals surface area (Å²) in [5.41, 5.74) is 2.42. The lowest BCUT2D eigenvalue weighted by Gasteiger charge is -2.46. The van der Waals surface area contributed by atoms with Crippen LogP contribution in [0.25, 0.3) is 5.65 Å². The number of piperidine rings is 1. The van der Waals surface area contributed by atoms with Gasteiger partial charge in [0.05, 0.1) is 0 Å². The first-order chi connectivity index (χ1) is 12.6. The molecule has 5 nitrogen and oxygen atoms in total. The quantitative estimate of drug-likeness (QED) is 0.794. The van der Waals surface area contributed by atoms with Gasteiger partial charge in [0.1, 0.15) is 0 Å². The summed E-state index contributed by atoms with van der Waals surface area (Å²) >= 11 is 0. The average Bonchev–Trinajstić information content (AvgIpc) is 3.07. The molecule has 0 saturated carbocycles. The molecule has 2 fully saturated rings. The lowest BCUT2D eigenvalue weighted by Crippen LogP contribution is -2.59. The van der Waals surface area contributed by atoms with E-state index in [0.717, 1.165) is 17.5 Å². The third-order valence-corrected chi connectivity index (χ3v) is 6.36. The maximum absolute atomic E-state index is 4.78. The molecule has 2 aromatic heterocycles. The first-order valence-electron chi connectivity index (χ1n) is 10.4. The summed E-state index contributed by atoms with van der Waals surface area (Å²) < 4.78 is 2.01. The molecule has 0 radical (unpaired) electrons. The zero-order valence-corrected chi connectivity index (χ0v) is 16.6. The number of fused-ring (bicyclic) bond motifs is 1. The third kappa shape index (κ3) is 3.65. The summed E-state index contributed by atoms with van der Waals surface area (Å²) in [5, 5.41) is 4.78. The highest BCUT2D eigenvalue weighted by atomic mass is 15.3. The SMILES string of the molecule is CCCCC(C)c1nc2ccc(C3CCN(C4CN(C)C4)CC3)cn2n1. The Morgan fingerprint density at radius 1 is 1.19 bits per heavy atom. The van der Waals surface area contributed by atoms with Gasteiger partial charge >= 0.3 is 0 Å². The summed E-state index contributed by atoms with van der Waals surface area (Å²) in [6.07, 6.45) is 8.42. The minimum atomic E-state index is 0.446. The fraction of sp³-hybridized carbons (Fsp3) is 0.714. The number of unbranched alkanes of at least 4 members (excludes halogenated alkanes) is 1. The number of pyridine rings is 1. The Bertz CT molecular complexity index is 725. The summed E-state index contributed by atoms with van der Waals surface area (Å²) in [6, 6.07) is 5.24. The molecule has 2 aliphatic heterocycles. The van der Waals surface area contributed by atoms with Gasteiger partial charge in [-0.3, -0.25) is 4.90 Å². The average molecular weight is 356 g/mol. The first-order valence-corrected chi connectivity index (χ1v) is 10.4. The number of aromatic nitrogens is 3. The molecule has 2 saturated heterocycles. The smallest absolute Gasteiger partial charge is 0.155 e. The van der Waals surface area contributed by atoms with Gasteiger partial charge in [-0.1, -0.05) is 32.8 Å². The highest BCUT2D eigenvalue weighted by Crippen LogP contribution is 2.30. The molecular formula is C21H33N5. The second-order valence-electron chi connectivity index (χ2n) is 8.46. The fourth-order valence-electron chi connectivity index (χ4n) is 4.50. The topological polar surface area (TPSA) is 36.7 Å². The number of hydrogen-bond donors (Lipinski definition) is 0. The van der Waals surface area contributed by atoms with Crippen molar-refractivity contribution in [3.8, 4) is 0 Å². The third-order valence-electron chi connectivity index (χ3n) is 6.36. The van der Waals surface area contributed by atoms with Crippen LogP contribution in [0.1, 0.15) is 69.2 Å². The molecule has 2 aromatic rings. The lowest BCUT2D eigenvalue weighted by molar-refractivity contribution is 0.0362. The molecule has 1 atom stereocenters. The van der Waals surface area contributed by atoms with Crippen LogP contribution < -0.4 is 0 Å². The number of nitrogens with zero attached hydrogens (tertiary/aromatic N) is 5. The molecule has 0 N–H and O–H groups in total. The normalized spacial score (nSPS) is 22.0. The van der Waals surface area contributed by atoms with Crippen molar-refractivity contribution in [1.82, 2.24) is 24.4 Å². The van der Waals surface area contributed by atoms with Gasteiger partial charge in [0.2, 0.25) is 0 Å². The van der Waals surface area contributed by atoms with E-state index in [1.54, 1.807) is 0 Å². The molecule has 0 amide bonds. The van der Waals surface area contributed by atoms with Crippen LogP contribution in [0.15, 0.2) is 18.3 Å². The van der Waals surface area contributed by atoms with Crippen LogP contribution in [0.5, 0.6) is 0 Å². The maximum Gasteiger partial charge on any atom is 0.155 e. The van der Waals surface area contributed by atoms with Gasteiger partial charge in [-0.15, -0.1) is 0 Å². The summed E-state index contributed by atoms with van der Waals surface area (Å²) in [6.45, 7) is 9.45. The van der Waals surface area contributed by atoms with Crippen LogP contribution >= 0.6 is 0 Å². The van der Waals surface area contributed by atoms with Crippen LogP contribution in [0, 0.1) is 0 Å². The fourth-order valence-corrected chi connectivity index (χ4v) is 4.50. The maximum atomic E-state index is 4.78. The molecule has 142 valence electrons. The van der Waals surface area contributed by atoms with Gasteiger partial charge < -0.3 is 4.90 Å². The van der Waals surface area contributed by atoms with Crippen molar-refractivity contribution < 1.29 is 0 Å². The van der Waals surface area contributed by atoms with Crippen molar-refractivity contribution in [2.24, 2.45) is 0 Å². The molecule has 0 spiro atoms. The van der Waals surface area contributed by atoms with Crippen LogP contribution in [0.3, 0.4) is 0 Å². The van der Waals surface area contributed by atoms with E-state index in [9.17, 15) is 0 Å². The van der Waals surface area contributed by atoms with E-state index < -0.39 is 0 Å². The van der Waals surface area contributed by atoms with E-state index in [-0.39, 0.29) is 0 Å². The van der Waals surface area contributed by atoms with Gasteiger partial charge in [-0.2, -0.15) is 5.10 Å². The summed E-state index contributed by atoms with van der Waals surface area (Å²) in [4.78, 5) is 9.86. The van der Waals surface area contributed by atoms with Gasteiger partial charge in [0.15, 0.2) is 11.5 Å². The number of likely N-dealkylation sites (N-methyl/N-ethyl adjacent to an activating group) is 1. The Labute approximate surface area is 157 Å². The summed E-state index contributed by atoms with van der Waals surface area (Å²) in [7, 11) is 2.22. The van der Waals surface area contributed by atoms with Gasteiger partial charge in [0, 0.05) is 31.2 Å². The summed E-state index contributed by atoms with van der Waals surface area (Å²) in [5.74, 6) is 2.11. The number of likely N-dealkylation sites (tertiary alicyclic amines) is 2. The largest absolute Gasteiger partial charge is 0.303 e. The van der Waals surface area contributed by atoms with Gasteiger partial charge in [-0.05, 0) is 56.9 Å². The Kier molecular flexibility index (Phi) is 5.28. The van der Waals surface area contributed by atoms with Crippen molar-refractivity contribution in [2.45, 2.75) is 63.8 Å². The van der Waals surface area contributed by atoms with Crippen LogP contribution in [0.4, 0.5) is 0 Å². The van der Waals surface area contributed by atoms with Crippen molar-refractivity contribution in [3.63, 3.8) is 0 Å². The van der Waals surface area contributed by atoms with Gasteiger partial charge in [0.25, 0.3) is 0 Å². The van der Waals surface area contributed by atoms with Gasteiger partial charge in [-0.25, -0.2) is 9.50 Å². The number of rotatable bonds is 6. The minimum Gasteiger partial charge on any atom is -0.303 e. The highest BCUT2D eigenvalue weighted by Gasteiger charge is 2.32. The Balaban J connectivity index is 1.41. The molecule has 2 aliphatic rings. The van der Waals surface area contributed by atoms with Crippen molar-refractivity contribution in [1.29, 1.82) is 0 Å². The second kappa shape index (κ2) is 7.65. The van der Waals surface area contributed by atoms with E-state index in [2.05, 4.69) is 49.0 Å². The zero-order valence-electron chi connectivity index (χ0n) is 16.6. The van der Waals surface area contributed by atoms with Crippen molar-refractivity contribution >= 4 is 5.65 Å². The molecule has 4 heterocycles. The van der Waals surface area contributed by atoms with Crippen molar-refractivity contribution in [3.05, 3.63) is 29.7 Å². The van der Waals surface area contributed by atoms with E-state index in [0.29, 0.717) is 11.8 Å². The molecule has 26 heavy (non-hydrogen) atoms. The molecule has 4 rings (SSSR count). The predicted octanol–water partition coefficient (Wildman–Crippen LogP) is 3.52. The van der Waals surface area contributed by atoms with E-state index >= 15 is 0 Å². The Hall–Kier alpha value is -1.46. The van der Waals surface area contributed by atoms with E-state index in [1.807, 2.05) is 4.52 Å². The molecule has 5 heteroatoms. The van der Waals surface area contributed by atoms with E-state index in [4.69, 9.17) is 10.1 Å². The molecule has 1 unspecified atom stereocenters. The standard InChI is InChI=1S/C21H33N5/c1-4-5-6-16(2)21-22-20-8-7-18(13-26(20)23-21)17-9-11-25(12-10-17)19-14-24(3)15-19/h7-8,13,16-17,19H,4-6,9-12,14-15H2,1-3H3. The number of hydrogen-bond acceptors (Lipinski definition) is 4. The molecule has 0 aromatic carbocycles. The Morgan fingerprint density at radius 2 is 1.96 bits per heavy atom. The van der Waals surface area contributed by atoms with Crippen molar-refractivity contribution in [2.75, 3.05) is 33.2 Å². The highest BCUT2D eigenvalue weighted by molar-refractivity contribution is 5.40. The van der Waals surface area contributed by atoms with E-state index in [1.165, 1.54) is 63.8 Å². The minimum absolute atomic E-state index is 0.446. The molecule has 0 aliphatic carbocycles. The Morgan fingerprint density at radius 3 is 2.65 bits per heavy atom. The van der Waals surface area contributed by atoms with Crippen LogP contribution in [-0.2, 0) is 0 Å². The first kappa shape index (κ1) is 17.9. The lowest BCUT2D eigenvalue weighted by atomic mass is 9.89. The van der Waals surface area contributed by atoms with Crippen LogP contribution in [-0.4, -0.2) is 63.7 Å². The predicted molar refractivity (Wildman–Crippen MR) is 106 cm³/mol. The van der Waals surface area contributed by atoms with Crippen LogP contribution in [0.2, 0.25) is 0 Å². The molecule has 0 bridgehead atoms. The zero-order chi connectivity index (χ0) is 18.1. The monoisotopic (exact) mass is 355 g/mol.